The van der Waals surface area contributed by atoms with Gasteiger partial charge in [0.2, 0.25) is 11.8 Å². The molecule has 448 valence electrons. The van der Waals surface area contributed by atoms with Gasteiger partial charge in [0.05, 0.1) is 9.79 Å². The van der Waals surface area contributed by atoms with Gasteiger partial charge in [0.25, 0.3) is 0 Å². The number of azide groups is 2. The number of hydrogen-bond acceptors (Lipinski definition) is 18. The maximum atomic E-state index is 13.3. The minimum Gasteiger partial charge on any atom is -0.744 e. The van der Waals surface area contributed by atoms with Crippen LogP contribution in [0.25, 0.3) is 64.7 Å². The second kappa shape index (κ2) is 30.8. The number of carbonyl (C=O) groups excluding carboxylic acids is 2. The number of aryl methyl sites for hydroxylation is 4. The second-order valence-electron chi connectivity index (χ2n) is 19.5. The van der Waals surface area contributed by atoms with Crippen LogP contribution in [0.1, 0.15) is 60.8 Å². The number of carbonyl (C=O) groups is 2. The summed E-state index contributed by atoms with van der Waals surface area (Å²) in [6, 6.07) is 31.8. The van der Waals surface area contributed by atoms with Gasteiger partial charge in [0, 0.05) is 68.7 Å². The van der Waals surface area contributed by atoms with Crippen LogP contribution in [0, 0.1) is 27.7 Å². The molecular formula is C58H54N8Na2O16S4. The Morgan fingerprint density at radius 3 is 1.14 bits per heavy atom. The number of aromatic hydroxyl groups is 2. The molecule has 0 saturated heterocycles. The standard InChI is InChI=1S/2C29H28N4O8S2.2Na/c2*1-18-14-20(9-11-25(18)32-29(35)8-3-4-13-31-33-30)21-10-12-27(19(2)15-21)41-43(39,40)28-17-22(42(36,37)38)16-24-23(28)6-5-7-26(24)34;;/h2*5-7,9-12,14-17,34H,3-4,8,13H2,1-2H3,(H,32,35)(H,36,37,38);;/q;;2*+1/p-2. The van der Waals surface area contributed by atoms with Gasteiger partial charge >= 0.3 is 79.4 Å². The van der Waals surface area contributed by atoms with Crippen molar-refractivity contribution in [3.05, 3.63) is 177 Å². The molecule has 0 spiro atoms. The van der Waals surface area contributed by atoms with Crippen molar-refractivity contribution in [1.82, 2.24) is 0 Å². The minimum atomic E-state index is -5.05. The number of fused-ring (bicyclic) bond motifs is 2. The third-order valence-electron chi connectivity index (χ3n) is 13.3. The molecule has 0 heterocycles. The molecular weight excluding hydrogens is 1240 g/mol. The summed E-state index contributed by atoms with van der Waals surface area (Å²) in [6.45, 7) is 7.65. The van der Waals surface area contributed by atoms with E-state index in [1.807, 2.05) is 38.1 Å². The Kier molecular flexibility index (Phi) is 25.0. The van der Waals surface area contributed by atoms with Gasteiger partial charge in [0.1, 0.15) is 53.0 Å². The van der Waals surface area contributed by atoms with E-state index in [0.717, 1.165) is 57.6 Å². The molecule has 0 unspecified atom stereocenters. The van der Waals surface area contributed by atoms with E-state index in [1.54, 1.807) is 50.2 Å². The van der Waals surface area contributed by atoms with E-state index in [0.29, 0.717) is 74.1 Å². The molecule has 8 aromatic rings. The molecule has 88 heavy (non-hydrogen) atoms. The van der Waals surface area contributed by atoms with E-state index in [4.69, 9.17) is 19.4 Å². The zero-order valence-electron chi connectivity index (χ0n) is 48.3. The van der Waals surface area contributed by atoms with Crippen LogP contribution in [-0.2, 0) is 50.1 Å². The Morgan fingerprint density at radius 1 is 0.477 bits per heavy atom. The Morgan fingerprint density at radius 2 is 0.818 bits per heavy atom. The fraction of sp³-hybridized carbons (Fsp3) is 0.207. The van der Waals surface area contributed by atoms with Gasteiger partial charge in [-0.05, 0) is 194 Å². The minimum absolute atomic E-state index is 0. The Bertz CT molecular complexity index is 4280. The zero-order chi connectivity index (χ0) is 62.7. The number of benzene rings is 8. The van der Waals surface area contributed by atoms with Crippen molar-refractivity contribution in [3.63, 3.8) is 0 Å². The summed E-state index contributed by atoms with van der Waals surface area (Å²) in [6.07, 6.45) is 2.99. The van der Waals surface area contributed by atoms with Gasteiger partial charge in [-0.1, -0.05) is 58.8 Å². The summed E-state index contributed by atoms with van der Waals surface area (Å²) in [5, 5.41) is 32.7. The fourth-order valence-electron chi connectivity index (χ4n) is 8.91. The molecule has 2 amide bonds. The maximum absolute atomic E-state index is 13.3. The molecule has 4 N–H and O–H groups in total. The normalized spacial score (nSPS) is 11.3. The number of nitrogens with zero attached hydrogens (tertiary/aromatic N) is 6. The summed E-state index contributed by atoms with van der Waals surface area (Å²) >= 11 is 0. The molecule has 0 aliphatic heterocycles. The van der Waals surface area contributed by atoms with E-state index in [9.17, 15) is 62.6 Å². The smallest absolute Gasteiger partial charge is 0.744 e. The number of unbranched alkanes of at least 4 members (excludes halogenated alkanes) is 2. The quantitative estimate of drug-likeness (QED) is 0.0118. The van der Waals surface area contributed by atoms with Gasteiger partial charge < -0.3 is 38.3 Å². The molecule has 0 saturated carbocycles. The number of hydrogen-bond donors (Lipinski definition) is 4. The molecule has 24 nitrogen and oxygen atoms in total. The summed E-state index contributed by atoms with van der Waals surface area (Å²) in [4.78, 5) is 27.1. The first-order valence-electron chi connectivity index (χ1n) is 26.0. The van der Waals surface area contributed by atoms with E-state index in [2.05, 4.69) is 30.7 Å². The summed E-state index contributed by atoms with van der Waals surface area (Å²) < 4.78 is 134. The molecule has 8 rings (SSSR count). The summed E-state index contributed by atoms with van der Waals surface area (Å²) in [7, 11) is -19.4. The van der Waals surface area contributed by atoms with Crippen molar-refractivity contribution in [2.75, 3.05) is 23.7 Å². The first-order valence-corrected chi connectivity index (χ1v) is 31.6. The molecule has 0 atom stereocenters. The second-order valence-corrected chi connectivity index (χ2v) is 25.3. The van der Waals surface area contributed by atoms with Crippen molar-refractivity contribution in [1.29, 1.82) is 0 Å². The topological polar surface area (TPSA) is 397 Å². The summed E-state index contributed by atoms with van der Waals surface area (Å²) in [5.41, 5.74) is 23.5. The first kappa shape index (κ1) is 71.5. The average molecular weight is 1290 g/mol. The van der Waals surface area contributed by atoms with Crippen LogP contribution in [-0.4, -0.2) is 77.9 Å². The van der Waals surface area contributed by atoms with Crippen molar-refractivity contribution in [3.8, 4) is 45.3 Å². The number of amides is 2. The molecule has 30 heteroatoms. The predicted octanol–water partition coefficient (Wildman–Crippen LogP) is 5.85. The molecule has 0 aliphatic carbocycles. The third-order valence-corrected chi connectivity index (χ3v) is 17.5. The van der Waals surface area contributed by atoms with Crippen LogP contribution in [0.5, 0.6) is 23.0 Å². The average Bonchev–Trinajstić information content (AvgIpc) is 0.809. The van der Waals surface area contributed by atoms with E-state index in [-0.39, 0.29) is 104 Å². The molecule has 0 aromatic heterocycles. The van der Waals surface area contributed by atoms with Crippen molar-refractivity contribution in [2.45, 2.75) is 85.8 Å². The Hall–Kier alpha value is -7.24. The van der Waals surface area contributed by atoms with Crippen molar-refractivity contribution < 1.29 is 130 Å². The van der Waals surface area contributed by atoms with Crippen LogP contribution in [0.2, 0.25) is 0 Å². The first-order chi connectivity index (χ1) is 40.6. The number of anilines is 2. The molecule has 8 aromatic carbocycles. The SMILES string of the molecule is Cc1cc(-c2ccc(OS(=O)(=O)c3cc(S(=O)(=O)[O-])cc4c(O)cccc34)c(C)c2)ccc1NC(=O)CCCCN=[N+]=[N-].Cc1cc(-c2ccc(OS(=O)(=O)c3cc(S(=O)(=O)[O-])cc4c(O)cccc34)c(C)c2)ccc1NC(=O)CCCCN=[N+]=[N-].[Na+].[Na+]. The molecule has 0 aliphatic rings. The van der Waals surface area contributed by atoms with E-state index < -0.39 is 71.6 Å². The van der Waals surface area contributed by atoms with Crippen LogP contribution in [0.4, 0.5) is 11.4 Å². The molecule has 0 bridgehead atoms. The van der Waals surface area contributed by atoms with Gasteiger partial charge in [-0.3, -0.25) is 9.59 Å². The van der Waals surface area contributed by atoms with Gasteiger partial charge in [-0.2, -0.15) is 16.8 Å². The van der Waals surface area contributed by atoms with Gasteiger partial charge in [-0.25, -0.2) is 16.8 Å². The van der Waals surface area contributed by atoms with E-state index >= 15 is 0 Å². The van der Waals surface area contributed by atoms with E-state index in [1.165, 1.54) is 48.5 Å². The van der Waals surface area contributed by atoms with Gasteiger partial charge in [0.15, 0.2) is 0 Å². The summed E-state index contributed by atoms with van der Waals surface area (Å²) in [5.74, 6) is -1.15. The number of nitrogens with one attached hydrogen (secondary N) is 2. The number of phenols is 2. The predicted molar refractivity (Wildman–Crippen MR) is 318 cm³/mol. The zero-order valence-corrected chi connectivity index (χ0v) is 55.6. The Labute approximate surface area is 551 Å². The van der Waals surface area contributed by atoms with Gasteiger partial charge in [-0.15, -0.1) is 0 Å². The Balaban J connectivity index is 0.000000313. The maximum Gasteiger partial charge on any atom is 1.00 e. The number of rotatable bonds is 22. The van der Waals surface area contributed by atoms with Crippen molar-refractivity contribution >= 4 is 85.2 Å². The third kappa shape index (κ3) is 18.4. The van der Waals surface area contributed by atoms with Crippen LogP contribution < -0.4 is 78.1 Å². The largest absolute Gasteiger partial charge is 1.00 e. The number of phenolic OH excluding ortho intramolecular Hbond substituents is 2. The van der Waals surface area contributed by atoms with Crippen LogP contribution >= 0.6 is 0 Å². The monoisotopic (exact) mass is 1290 g/mol. The molecule has 0 radical (unpaired) electrons. The molecule has 0 fully saturated rings. The fourth-order valence-corrected chi connectivity index (χ4v) is 12.6. The van der Waals surface area contributed by atoms with Crippen LogP contribution in [0.3, 0.4) is 0 Å². The van der Waals surface area contributed by atoms with Crippen LogP contribution in [0.15, 0.2) is 163 Å². The van der Waals surface area contributed by atoms with Crippen molar-refractivity contribution in [2.24, 2.45) is 10.2 Å².